The Labute approximate surface area is 77.3 Å². The minimum Gasteiger partial charge on any atom is -0.549 e. The average molecular weight is 196 g/mol. The van der Waals surface area contributed by atoms with Crippen LogP contribution in [-0.4, -0.2) is 33.8 Å². The molecule has 11 heavy (non-hydrogen) atoms. The van der Waals surface area contributed by atoms with Gasteiger partial charge in [0.05, 0.1) is 23.7 Å². The molecule has 0 heterocycles. The molecular weight excluding hydrogens is 192 g/mol. The summed E-state index contributed by atoms with van der Waals surface area (Å²) < 4.78 is 0. The fraction of sp³-hybridized carbons (Fsp3) is 0.500. The van der Waals surface area contributed by atoms with Gasteiger partial charge in [0.25, 0.3) is 0 Å². The molecule has 0 saturated heterocycles. The van der Waals surface area contributed by atoms with Crippen LogP contribution in [0.3, 0.4) is 0 Å². The van der Waals surface area contributed by atoms with Crippen molar-refractivity contribution in [2.24, 2.45) is 0 Å². The molecular formula is C4H4BeCl2O4. The molecule has 0 spiro atoms. The van der Waals surface area contributed by atoms with Gasteiger partial charge < -0.3 is 19.8 Å². The molecule has 0 atom stereocenters. The first kappa shape index (κ1) is 17.0. The van der Waals surface area contributed by atoms with E-state index >= 15 is 0 Å². The molecule has 0 radical (unpaired) electrons. The van der Waals surface area contributed by atoms with Crippen molar-refractivity contribution in [3.8, 4) is 0 Å². The van der Waals surface area contributed by atoms with Gasteiger partial charge in [0.2, 0.25) is 0 Å². The zero-order chi connectivity index (χ0) is 8.57. The van der Waals surface area contributed by atoms with Crippen LogP contribution in [0, 0.1) is 0 Å². The van der Waals surface area contributed by atoms with Gasteiger partial charge in [-0.3, -0.25) is 0 Å². The van der Waals surface area contributed by atoms with Crippen molar-refractivity contribution in [2.75, 3.05) is 11.8 Å². The molecule has 0 aromatic carbocycles. The van der Waals surface area contributed by atoms with Gasteiger partial charge in [0.1, 0.15) is 0 Å². The molecule has 0 N–H and O–H groups in total. The van der Waals surface area contributed by atoms with Gasteiger partial charge in [-0.05, 0) is 0 Å². The van der Waals surface area contributed by atoms with Crippen molar-refractivity contribution in [2.45, 2.75) is 0 Å². The van der Waals surface area contributed by atoms with E-state index in [2.05, 4.69) is 23.2 Å². The van der Waals surface area contributed by atoms with Gasteiger partial charge in [-0.2, -0.15) is 0 Å². The first-order valence-electron chi connectivity index (χ1n) is 2.06. The molecule has 0 aliphatic carbocycles. The first-order valence-corrected chi connectivity index (χ1v) is 3.13. The van der Waals surface area contributed by atoms with E-state index in [0.29, 0.717) is 0 Å². The molecule has 0 aliphatic heterocycles. The minimum absolute atomic E-state index is 0. The van der Waals surface area contributed by atoms with Crippen LogP contribution < -0.4 is 10.2 Å². The standard InChI is InChI=1S/2C2H3ClO2.Be/c2*3-1-2(4)5;/h2*1H2,(H,4,5);/q;;+2/p-2. The number of aliphatic carboxylic acids is 2. The van der Waals surface area contributed by atoms with Crippen LogP contribution in [0.15, 0.2) is 0 Å². The number of hydrogen-bond acceptors (Lipinski definition) is 4. The number of alkyl halides is 2. The summed E-state index contributed by atoms with van der Waals surface area (Å²) in [5, 5.41) is 18.2. The number of carboxylic acids is 2. The second-order valence-corrected chi connectivity index (χ2v) is 1.55. The largest absolute Gasteiger partial charge is 2.00 e. The predicted octanol–water partition coefficient (Wildman–Crippen LogP) is -2.43. The van der Waals surface area contributed by atoms with Crippen LogP contribution in [0.4, 0.5) is 0 Å². The predicted molar refractivity (Wildman–Crippen MR) is 37.2 cm³/mol. The molecule has 0 unspecified atom stereocenters. The van der Waals surface area contributed by atoms with E-state index in [1.807, 2.05) is 0 Å². The van der Waals surface area contributed by atoms with Gasteiger partial charge in [-0.1, -0.05) is 0 Å². The summed E-state index contributed by atoms with van der Waals surface area (Å²) in [7, 11) is 0. The first-order chi connectivity index (χ1) is 4.54. The van der Waals surface area contributed by atoms with Crippen LogP contribution in [-0.2, 0) is 9.59 Å². The second kappa shape index (κ2) is 12.4. The summed E-state index contributed by atoms with van der Waals surface area (Å²) in [6.45, 7) is 0. The molecule has 0 rings (SSSR count). The van der Waals surface area contributed by atoms with Gasteiger partial charge in [-0.15, -0.1) is 23.2 Å². The Morgan fingerprint density at radius 1 is 1.00 bits per heavy atom. The second-order valence-electron chi connectivity index (χ2n) is 1.01. The molecule has 4 nitrogen and oxygen atoms in total. The molecule has 0 amide bonds. The average Bonchev–Trinajstić information content (AvgIpc) is 1.89. The SMILES string of the molecule is O=C([O-])CCl.O=C([O-])CCl.[Be+2]. The summed E-state index contributed by atoms with van der Waals surface area (Å²) >= 11 is 9.35. The maximum absolute atomic E-state index is 9.12. The molecule has 0 fully saturated rings. The van der Waals surface area contributed by atoms with E-state index in [-0.39, 0.29) is 10.1 Å². The fourth-order valence-corrected chi connectivity index (χ4v) is 0. The van der Waals surface area contributed by atoms with E-state index in [9.17, 15) is 0 Å². The van der Waals surface area contributed by atoms with Crippen molar-refractivity contribution in [3.63, 3.8) is 0 Å². The maximum Gasteiger partial charge on any atom is 2.00 e. The third-order valence-corrected chi connectivity index (χ3v) is 0.655. The molecule has 0 aromatic rings. The number of hydrogen-bond donors (Lipinski definition) is 0. The van der Waals surface area contributed by atoms with E-state index in [4.69, 9.17) is 19.8 Å². The zero-order valence-electron chi connectivity index (χ0n) is 5.51. The van der Waals surface area contributed by atoms with Crippen LogP contribution in [0.2, 0.25) is 0 Å². The summed E-state index contributed by atoms with van der Waals surface area (Å²) in [4.78, 5) is 18.2. The Morgan fingerprint density at radius 3 is 1.09 bits per heavy atom. The van der Waals surface area contributed by atoms with Crippen LogP contribution >= 0.6 is 23.2 Å². The van der Waals surface area contributed by atoms with Gasteiger partial charge in [0, 0.05) is 0 Å². The Balaban J connectivity index is -0.000000107. The van der Waals surface area contributed by atoms with Gasteiger partial charge in [0.15, 0.2) is 0 Å². The Bertz CT molecular complexity index is 105. The zero-order valence-corrected chi connectivity index (χ0v) is 7.02. The topological polar surface area (TPSA) is 80.3 Å². The molecule has 0 bridgehead atoms. The third kappa shape index (κ3) is 42.1. The van der Waals surface area contributed by atoms with Crippen molar-refractivity contribution >= 4 is 45.3 Å². The minimum atomic E-state index is -1.23. The van der Waals surface area contributed by atoms with Crippen molar-refractivity contribution in [1.29, 1.82) is 0 Å². The molecule has 0 saturated carbocycles. The van der Waals surface area contributed by atoms with Crippen LogP contribution in [0.1, 0.15) is 0 Å². The maximum atomic E-state index is 9.12. The molecule has 60 valence electrons. The summed E-state index contributed by atoms with van der Waals surface area (Å²) in [5.74, 6) is -3.29. The summed E-state index contributed by atoms with van der Waals surface area (Å²) in [6, 6.07) is 0. The monoisotopic (exact) mass is 195 g/mol. The number of carbonyl (C=O) groups is 2. The fourth-order valence-electron chi connectivity index (χ4n) is 0. The van der Waals surface area contributed by atoms with Gasteiger partial charge in [-0.25, -0.2) is 0 Å². The van der Waals surface area contributed by atoms with Crippen LogP contribution in [0.5, 0.6) is 0 Å². The van der Waals surface area contributed by atoms with Gasteiger partial charge >= 0.3 is 10.1 Å². The van der Waals surface area contributed by atoms with E-state index in [0.717, 1.165) is 0 Å². The quantitative estimate of drug-likeness (QED) is 0.363. The van der Waals surface area contributed by atoms with E-state index in [1.54, 1.807) is 0 Å². The normalized spacial score (nSPS) is 6.73. The van der Waals surface area contributed by atoms with Crippen molar-refractivity contribution < 1.29 is 19.8 Å². The molecule has 0 aliphatic rings. The Kier molecular flexibility index (Phi) is 19.1. The van der Waals surface area contributed by atoms with Crippen molar-refractivity contribution in [1.82, 2.24) is 0 Å². The molecule has 7 heteroatoms. The Hall–Kier alpha value is -0.311. The third-order valence-electron chi connectivity index (χ3n) is 0.218. The van der Waals surface area contributed by atoms with E-state index < -0.39 is 23.7 Å². The summed E-state index contributed by atoms with van der Waals surface area (Å²) in [5.41, 5.74) is 0. The number of halogens is 2. The van der Waals surface area contributed by atoms with Crippen molar-refractivity contribution in [3.05, 3.63) is 0 Å². The van der Waals surface area contributed by atoms with E-state index in [1.165, 1.54) is 0 Å². The number of rotatable bonds is 2. The van der Waals surface area contributed by atoms with Crippen LogP contribution in [0.25, 0.3) is 0 Å². The Morgan fingerprint density at radius 2 is 1.09 bits per heavy atom. The smallest absolute Gasteiger partial charge is 0.549 e. The number of carboxylic acid groups (broad SMARTS) is 2. The molecule has 0 aromatic heterocycles. The number of carbonyl (C=O) groups excluding carboxylic acids is 2. The summed E-state index contributed by atoms with van der Waals surface area (Å²) in [6.07, 6.45) is 0.